The Labute approximate surface area is 120 Å². The van der Waals surface area contributed by atoms with Gasteiger partial charge in [0.1, 0.15) is 11.6 Å². The molecule has 20 heavy (non-hydrogen) atoms. The zero-order valence-corrected chi connectivity index (χ0v) is 12.5. The van der Waals surface area contributed by atoms with Gasteiger partial charge in [-0.25, -0.2) is 8.78 Å². The molecule has 112 valence electrons. The molecule has 1 aromatic rings. The van der Waals surface area contributed by atoms with Crippen LogP contribution in [0, 0.1) is 17.0 Å². The molecule has 2 atom stereocenters. The van der Waals surface area contributed by atoms with Crippen LogP contribution in [-0.2, 0) is 0 Å². The van der Waals surface area contributed by atoms with E-state index in [0.29, 0.717) is 5.56 Å². The van der Waals surface area contributed by atoms with Crippen LogP contribution in [-0.4, -0.2) is 24.0 Å². The normalized spacial score (nSPS) is 24.6. The van der Waals surface area contributed by atoms with Crippen molar-refractivity contribution in [1.82, 2.24) is 4.90 Å². The summed E-state index contributed by atoms with van der Waals surface area (Å²) in [4.78, 5) is 2.28. The molecule has 1 fully saturated rings. The van der Waals surface area contributed by atoms with Crippen LogP contribution < -0.4 is 5.73 Å². The third-order valence-electron chi connectivity index (χ3n) is 4.49. The number of nitrogens with two attached hydrogens (primary N) is 1. The van der Waals surface area contributed by atoms with Gasteiger partial charge >= 0.3 is 0 Å². The molecule has 1 aliphatic heterocycles. The molecule has 1 heterocycles. The summed E-state index contributed by atoms with van der Waals surface area (Å²) in [6.07, 6.45) is 1.71. The smallest absolute Gasteiger partial charge is 0.130 e. The zero-order chi connectivity index (χ0) is 14.9. The maximum absolute atomic E-state index is 14.0. The number of halogens is 2. The van der Waals surface area contributed by atoms with Crippen LogP contribution >= 0.6 is 0 Å². The first-order valence-electron chi connectivity index (χ1n) is 7.29. The number of likely N-dealkylation sites (tertiary alicyclic amines) is 1. The Balaban J connectivity index is 2.24. The Morgan fingerprint density at radius 2 is 2.10 bits per heavy atom. The van der Waals surface area contributed by atoms with Gasteiger partial charge in [-0.15, -0.1) is 0 Å². The Kier molecular flexibility index (Phi) is 4.45. The van der Waals surface area contributed by atoms with E-state index in [1.807, 2.05) is 6.92 Å². The standard InChI is InChI=1S/C16H24F2N2/c1-4-14(12-6-5-11(17)9-13(12)18)20-8-7-15(19)16(2,3)10-20/h5-6,9,14-15H,4,7-8,10,19H2,1-3H3. The van der Waals surface area contributed by atoms with E-state index >= 15 is 0 Å². The first-order valence-corrected chi connectivity index (χ1v) is 7.29. The summed E-state index contributed by atoms with van der Waals surface area (Å²) in [6, 6.07) is 4.04. The van der Waals surface area contributed by atoms with Crippen LogP contribution in [0.3, 0.4) is 0 Å². The highest BCUT2D eigenvalue weighted by atomic mass is 19.1. The van der Waals surface area contributed by atoms with Crippen molar-refractivity contribution < 1.29 is 8.78 Å². The Hall–Kier alpha value is -1.00. The summed E-state index contributed by atoms with van der Waals surface area (Å²) in [6.45, 7) is 8.04. The number of hydrogen-bond donors (Lipinski definition) is 1. The lowest BCUT2D eigenvalue weighted by molar-refractivity contribution is 0.0575. The minimum absolute atomic E-state index is 0.0117. The molecule has 1 aliphatic rings. The summed E-state index contributed by atoms with van der Waals surface area (Å²) in [5.41, 5.74) is 6.75. The minimum Gasteiger partial charge on any atom is -0.327 e. The van der Waals surface area contributed by atoms with Crippen LogP contribution in [0.5, 0.6) is 0 Å². The van der Waals surface area contributed by atoms with E-state index in [-0.39, 0.29) is 17.5 Å². The van der Waals surface area contributed by atoms with E-state index in [0.717, 1.165) is 32.0 Å². The van der Waals surface area contributed by atoms with Crippen LogP contribution in [0.25, 0.3) is 0 Å². The average Bonchev–Trinajstić information content (AvgIpc) is 2.36. The average molecular weight is 282 g/mol. The molecule has 2 rings (SSSR count). The van der Waals surface area contributed by atoms with Gasteiger partial charge in [-0.1, -0.05) is 26.8 Å². The largest absolute Gasteiger partial charge is 0.327 e. The minimum atomic E-state index is -0.526. The van der Waals surface area contributed by atoms with Gasteiger partial charge in [0.25, 0.3) is 0 Å². The van der Waals surface area contributed by atoms with Gasteiger partial charge in [0.05, 0.1) is 0 Å². The predicted octanol–water partition coefficient (Wildman–Crippen LogP) is 3.48. The number of rotatable bonds is 3. The van der Waals surface area contributed by atoms with Crippen molar-refractivity contribution in [3.63, 3.8) is 0 Å². The van der Waals surface area contributed by atoms with Crippen LogP contribution in [0.4, 0.5) is 8.78 Å². The molecule has 2 unspecified atom stereocenters. The summed E-state index contributed by atoms with van der Waals surface area (Å²) in [5, 5.41) is 0. The van der Waals surface area contributed by atoms with E-state index in [2.05, 4.69) is 18.7 Å². The molecule has 0 spiro atoms. The van der Waals surface area contributed by atoms with E-state index in [9.17, 15) is 8.78 Å². The van der Waals surface area contributed by atoms with Crippen molar-refractivity contribution in [1.29, 1.82) is 0 Å². The molecule has 0 amide bonds. The van der Waals surface area contributed by atoms with Gasteiger partial charge in [-0.3, -0.25) is 4.90 Å². The highest BCUT2D eigenvalue weighted by Crippen LogP contribution is 2.35. The second kappa shape index (κ2) is 5.78. The van der Waals surface area contributed by atoms with Gasteiger partial charge < -0.3 is 5.73 Å². The molecule has 2 N–H and O–H groups in total. The van der Waals surface area contributed by atoms with E-state index < -0.39 is 11.6 Å². The van der Waals surface area contributed by atoms with Gasteiger partial charge in [-0.2, -0.15) is 0 Å². The summed E-state index contributed by atoms with van der Waals surface area (Å²) in [7, 11) is 0. The fourth-order valence-corrected chi connectivity index (χ4v) is 3.13. The first-order chi connectivity index (χ1) is 9.35. The van der Waals surface area contributed by atoms with Crippen molar-refractivity contribution in [2.75, 3.05) is 13.1 Å². The Bertz CT molecular complexity index is 474. The SMILES string of the molecule is CCC(c1ccc(F)cc1F)N1CCC(N)C(C)(C)C1. The zero-order valence-electron chi connectivity index (χ0n) is 12.5. The fraction of sp³-hybridized carbons (Fsp3) is 0.625. The summed E-state index contributed by atoms with van der Waals surface area (Å²) < 4.78 is 27.1. The highest BCUT2D eigenvalue weighted by Gasteiger charge is 2.36. The number of benzene rings is 1. The first kappa shape index (κ1) is 15.4. The van der Waals surface area contributed by atoms with E-state index in [1.165, 1.54) is 6.07 Å². The molecule has 1 saturated heterocycles. The third-order valence-corrected chi connectivity index (χ3v) is 4.49. The summed E-state index contributed by atoms with van der Waals surface area (Å²) >= 11 is 0. The van der Waals surface area contributed by atoms with Gasteiger partial charge in [0.15, 0.2) is 0 Å². The maximum Gasteiger partial charge on any atom is 0.130 e. The molecule has 0 aliphatic carbocycles. The van der Waals surface area contributed by atoms with Crippen LogP contribution in [0.1, 0.15) is 45.2 Å². The lowest BCUT2D eigenvalue weighted by Gasteiger charge is -2.45. The van der Waals surface area contributed by atoms with Crippen molar-refractivity contribution in [3.05, 3.63) is 35.4 Å². The lowest BCUT2D eigenvalue weighted by atomic mass is 9.78. The van der Waals surface area contributed by atoms with Crippen molar-refractivity contribution in [2.45, 2.75) is 45.7 Å². The van der Waals surface area contributed by atoms with Gasteiger partial charge in [-0.05, 0) is 24.3 Å². The highest BCUT2D eigenvalue weighted by molar-refractivity contribution is 5.22. The summed E-state index contributed by atoms with van der Waals surface area (Å²) in [5.74, 6) is -0.980. The van der Waals surface area contributed by atoms with Crippen LogP contribution in [0.15, 0.2) is 18.2 Å². The molecular weight excluding hydrogens is 258 g/mol. The second-order valence-corrected chi connectivity index (χ2v) is 6.44. The van der Waals surface area contributed by atoms with Gasteiger partial charge in [0, 0.05) is 36.8 Å². The topological polar surface area (TPSA) is 29.3 Å². The number of nitrogens with zero attached hydrogens (tertiary/aromatic N) is 1. The van der Waals surface area contributed by atoms with Crippen molar-refractivity contribution in [2.24, 2.45) is 11.1 Å². The van der Waals surface area contributed by atoms with Crippen LogP contribution in [0.2, 0.25) is 0 Å². The fourth-order valence-electron chi connectivity index (χ4n) is 3.13. The second-order valence-electron chi connectivity index (χ2n) is 6.44. The molecule has 0 saturated carbocycles. The van der Waals surface area contributed by atoms with Gasteiger partial charge in [0.2, 0.25) is 0 Å². The molecule has 0 bridgehead atoms. The molecule has 0 aromatic heterocycles. The van der Waals surface area contributed by atoms with E-state index in [4.69, 9.17) is 5.73 Å². The predicted molar refractivity (Wildman–Crippen MR) is 77.3 cm³/mol. The third kappa shape index (κ3) is 3.01. The van der Waals surface area contributed by atoms with Crippen molar-refractivity contribution >= 4 is 0 Å². The number of hydrogen-bond acceptors (Lipinski definition) is 2. The maximum atomic E-state index is 14.0. The molecule has 0 radical (unpaired) electrons. The number of piperidine rings is 1. The molecule has 4 heteroatoms. The quantitative estimate of drug-likeness (QED) is 0.919. The molecule has 2 nitrogen and oxygen atoms in total. The van der Waals surface area contributed by atoms with E-state index in [1.54, 1.807) is 6.07 Å². The molecule has 1 aromatic carbocycles. The molecular formula is C16H24F2N2. The lowest BCUT2D eigenvalue weighted by Crippen LogP contribution is -2.53. The monoisotopic (exact) mass is 282 g/mol. The van der Waals surface area contributed by atoms with Crippen molar-refractivity contribution in [3.8, 4) is 0 Å². The Morgan fingerprint density at radius 3 is 2.65 bits per heavy atom. The Morgan fingerprint density at radius 1 is 1.40 bits per heavy atom.